The third-order valence-electron chi connectivity index (χ3n) is 5.64. The van der Waals surface area contributed by atoms with Gasteiger partial charge < -0.3 is 9.84 Å². The maximum absolute atomic E-state index is 12.3. The van der Waals surface area contributed by atoms with Crippen molar-refractivity contribution in [1.82, 2.24) is 0 Å². The SMILES string of the molecule is CCC/C=C\C/C=C\C(CCCCCCC(=O)O)OC(=O)CCCCCCCCCCC. The van der Waals surface area contributed by atoms with Gasteiger partial charge in [0.15, 0.2) is 0 Å². The third kappa shape index (κ3) is 23.1. The zero-order chi connectivity index (χ0) is 23.7. The summed E-state index contributed by atoms with van der Waals surface area (Å²) < 4.78 is 5.75. The van der Waals surface area contributed by atoms with Crippen LogP contribution in [-0.4, -0.2) is 23.1 Å². The highest BCUT2D eigenvalue weighted by atomic mass is 16.5. The van der Waals surface area contributed by atoms with Crippen LogP contribution in [-0.2, 0) is 14.3 Å². The molecule has 0 amide bonds. The van der Waals surface area contributed by atoms with Gasteiger partial charge in [-0.1, -0.05) is 103 Å². The minimum Gasteiger partial charge on any atom is -0.481 e. The van der Waals surface area contributed by atoms with Crippen LogP contribution in [0.15, 0.2) is 24.3 Å². The maximum Gasteiger partial charge on any atom is 0.306 e. The van der Waals surface area contributed by atoms with Crippen LogP contribution in [0.4, 0.5) is 0 Å². The molecule has 0 aromatic heterocycles. The number of aliphatic carboxylic acids is 1. The first-order chi connectivity index (χ1) is 15.6. The lowest BCUT2D eigenvalue weighted by atomic mass is 10.1. The summed E-state index contributed by atoms with van der Waals surface area (Å²) in [6, 6.07) is 0. The largest absolute Gasteiger partial charge is 0.481 e. The fourth-order valence-corrected chi connectivity index (χ4v) is 3.67. The Hall–Kier alpha value is -1.58. The summed E-state index contributed by atoms with van der Waals surface area (Å²) in [7, 11) is 0. The van der Waals surface area contributed by atoms with Gasteiger partial charge in [-0.2, -0.15) is 0 Å². The second kappa shape index (κ2) is 24.1. The minimum absolute atomic E-state index is 0.0880. The number of carboxylic acids is 1. The molecule has 0 aliphatic carbocycles. The van der Waals surface area contributed by atoms with Crippen LogP contribution < -0.4 is 0 Å². The molecule has 0 aliphatic rings. The van der Waals surface area contributed by atoms with Gasteiger partial charge in [0.05, 0.1) is 0 Å². The van der Waals surface area contributed by atoms with Gasteiger partial charge in [0.1, 0.15) is 6.10 Å². The fourth-order valence-electron chi connectivity index (χ4n) is 3.67. The normalized spacial score (nSPS) is 12.6. The lowest BCUT2D eigenvalue weighted by Crippen LogP contribution is -2.16. The van der Waals surface area contributed by atoms with E-state index in [1.807, 2.05) is 6.08 Å². The Morgan fingerprint density at radius 2 is 1.31 bits per heavy atom. The Labute approximate surface area is 197 Å². The summed E-state index contributed by atoms with van der Waals surface area (Å²) in [5.41, 5.74) is 0. The molecule has 0 spiro atoms. The molecule has 0 heterocycles. The molecule has 0 aromatic rings. The van der Waals surface area contributed by atoms with Crippen molar-refractivity contribution in [3.63, 3.8) is 0 Å². The van der Waals surface area contributed by atoms with E-state index in [2.05, 4.69) is 32.1 Å². The molecule has 1 atom stereocenters. The van der Waals surface area contributed by atoms with Crippen LogP contribution in [0.5, 0.6) is 0 Å². The second-order valence-electron chi connectivity index (χ2n) is 8.88. The summed E-state index contributed by atoms with van der Waals surface area (Å²) in [4.78, 5) is 22.9. The van der Waals surface area contributed by atoms with E-state index in [1.54, 1.807) is 0 Å². The number of ether oxygens (including phenoxy) is 1. The Bertz CT molecular complexity index is 496. The molecule has 0 saturated carbocycles. The standard InChI is InChI=1S/C28H50O4/c1-3-5-7-9-11-12-13-15-21-25-28(31)32-26(22-18-14-10-8-6-4-2)23-19-16-17-20-24-27(29)30/h8,10,18,22,26H,3-7,9,11-17,19-21,23-25H2,1-2H3,(H,29,30)/b10-8-,22-18-. The van der Waals surface area contributed by atoms with Crippen LogP contribution in [0, 0.1) is 0 Å². The first kappa shape index (κ1) is 30.4. The Balaban J connectivity index is 4.14. The van der Waals surface area contributed by atoms with E-state index >= 15 is 0 Å². The van der Waals surface area contributed by atoms with Crippen LogP contribution in [0.3, 0.4) is 0 Å². The molecule has 0 saturated heterocycles. The number of allylic oxidation sites excluding steroid dienone is 3. The van der Waals surface area contributed by atoms with Crippen molar-refractivity contribution < 1.29 is 19.4 Å². The number of rotatable bonds is 23. The Morgan fingerprint density at radius 3 is 1.94 bits per heavy atom. The third-order valence-corrected chi connectivity index (χ3v) is 5.64. The number of hydrogen-bond acceptors (Lipinski definition) is 3. The number of hydrogen-bond donors (Lipinski definition) is 1. The van der Waals surface area contributed by atoms with E-state index in [0.29, 0.717) is 6.42 Å². The number of carbonyl (C=O) groups is 2. The van der Waals surface area contributed by atoms with Crippen molar-refractivity contribution in [2.45, 2.75) is 142 Å². The predicted molar refractivity (Wildman–Crippen MR) is 135 cm³/mol. The summed E-state index contributed by atoms with van der Waals surface area (Å²) in [6.45, 7) is 4.41. The highest BCUT2D eigenvalue weighted by Gasteiger charge is 2.11. The fraction of sp³-hybridized carbons (Fsp3) is 0.786. The second-order valence-corrected chi connectivity index (χ2v) is 8.88. The van der Waals surface area contributed by atoms with Crippen molar-refractivity contribution in [3.8, 4) is 0 Å². The quantitative estimate of drug-likeness (QED) is 0.0962. The van der Waals surface area contributed by atoms with E-state index in [4.69, 9.17) is 9.84 Å². The number of unbranched alkanes of at least 4 members (excludes halogenated alkanes) is 12. The molecule has 0 fully saturated rings. The molecule has 4 nitrogen and oxygen atoms in total. The average molecular weight is 451 g/mol. The van der Waals surface area contributed by atoms with Gasteiger partial charge in [-0.3, -0.25) is 9.59 Å². The summed E-state index contributed by atoms with van der Waals surface area (Å²) in [6.07, 6.45) is 27.7. The topological polar surface area (TPSA) is 63.6 Å². The van der Waals surface area contributed by atoms with Gasteiger partial charge in [0.25, 0.3) is 0 Å². The van der Waals surface area contributed by atoms with Crippen molar-refractivity contribution in [2.24, 2.45) is 0 Å². The van der Waals surface area contributed by atoms with E-state index in [1.165, 1.54) is 44.9 Å². The first-order valence-corrected chi connectivity index (χ1v) is 13.3. The molecule has 4 heteroatoms. The first-order valence-electron chi connectivity index (χ1n) is 13.3. The van der Waals surface area contributed by atoms with Crippen molar-refractivity contribution in [3.05, 3.63) is 24.3 Å². The highest BCUT2D eigenvalue weighted by Crippen LogP contribution is 2.14. The van der Waals surface area contributed by atoms with Gasteiger partial charge in [0.2, 0.25) is 0 Å². The number of esters is 1. The smallest absolute Gasteiger partial charge is 0.306 e. The summed E-state index contributed by atoms with van der Waals surface area (Å²) >= 11 is 0. The molecule has 32 heavy (non-hydrogen) atoms. The van der Waals surface area contributed by atoms with Crippen molar-refractivity contribution >= 4 is 11.9 Å². The molecule has 0 rings (SSSR count). The number of carboxylic acid groups (broad SMARTS) is 1. The summed E-state index contributed by atoms with van der Waals surface area (Å²) in [5.74, 6) is -0.817. The van der Waals surface area contributed by atoms with Crippen LogP contribution >= 0.6 is 0 Å². The van der Waals surface area contributed by atoms with Crippen molar-refractivity contribution in [1.29, 1.82) is 0 Å². The van der Waals surface area contributed by atoms with Gasteiger partial charge in [-0.25, -0.2) is 0 Å². The van der Waals surface area contributed by atoms with E-state index < -0.39 is 5.97 Å². The van der Waals surface area contributed by atoms with Crippen molar-refractivity contribution in [2.75, 3.05) is 0 Å². The molecular weight excluding hydrogens is 400 g/mol. The summed E-state index contributed by atoms with van der Waals surface area (Å²) in [5, 5.41) is 8.72. The monoisotopic (exact) mass is 450 g/mol. The highest BCUT2D eigenvalue weighted by molar-refractivity contribution is 5.69. The minimum atomic E-state index is -0.729. The predicted octanol–water partition coefficient (Wildman–Crippen LogP) is 8.55. The zero-order valence-corrected chi connectivity index (χ0v) is 21.0. The molecular formula is C28H50O4. The zero-order valence-electron chi connectivity index (χ0n) is 21.0. The van der Waals surface area contributed by atoms with Gasteiger partial charge >= 0.3 is 11.9 Å². The lowest BCUT2D eigenvalue weighted by Gasteiger charge is -2.14. The molecule has 1 unspecified atom stereocenters. The maximum atomic E-state index is 12.3. The van der Waals surface area contributed by atoms with E-state index in [0.717, 1.165) is 64.2 Å². The molecule has 0 bridgehead atoms. The van der Waals surface area contributed by atoms with Crippen LogP contribution in [0.25, 0.3) is 0 Å². The lowest BCUT2D eigenvalue weighted by molar-refractivity contribution is -0.147. The van der Waals surface area contributed by atoms with E-state index in [-0.39, 0.29) is 18.5 Å². The van der Waals surface area contributed by atoms with Crippen LogP contribution in [0.2, 0.25) is 0 Å². The van der Waals surface area contributed by atoms with Crippen LogP contribution in [0.1, 0.15) is 136 Å². The van der Waals surface area contributed by atoms with Gasteiger partial charge in [0, 0.05) is 12.8 Å². The Morgan fingerprint density at radius 1 is 0.719 bits per heavy atom. The number of carbonyl (C=O) groups excluding carboxylic acids is 1. The van der Waals surface area contributed by atoms with Gasteiger partial charge in [-0.05, 0) is 44.6 Å². The average Bonchev–Trinajstić information content (AvgIpc) is 2.76. The van der Waals surface area contributed by atoms with E-state index in [9.17, 15) is 9.59 Å². The molecule has 0 aliphatic heterocycles. The Kier molecular flexibility index (Phi) is 22.9. The molecule has 0 aromatic carbocycles. The molecule has 1 N–H and O–H groups in total. The molecule has 186 valence electrons. The van der Waals surface area contributed by atoms with Gasteiger partial charge in [-0.15, -0.1) is 0 Å². The molecule has 0 radical (unpaired) electrons.